The molecule has 2 aliphatic rings. The quantitative estimate of drug-likeness (QED) is 0.873. The van der Waals surface area contributed by atoms with E-state index in [9.17, 15) is 9.90 Å². The Labute approximate surface area is 133 Å². The van der Waals surface area contributed by atoms with Crippen molar-refractivity contribution >= 4 is 5.91 Å². The second-order valence-corrected chi connectivity index (χ2v) is 6.02. The van der Waals surface area contributed by atoms with Crippen molar-refractivity contribution in [1.29, 1.82) is 0 Å². The molecule has 4 nitrogen and oxygen atoms in total. The Morgan fingerprint density at radius 2 is 1.82 bits per heavy atom. The van der Waals surface area contributed by atoms with E-state index in [1.165, 1.54) is 0 Å². The van der Waals surface area contributed by atoms with Crippen molar-refractivity contribution in [2.75, 3.05) is 13.7 Å². The maximum atomic E-state index is 12.4. The van der Waals surface area contributed by atoms with E-state index < -0.39 is 0 Å². The van der Waals surface area contributed by atoms with E-state index in [-0.39, 0.29) is 17.4 Å². The molecule has 0 radical (unpaired) electrons. The van der Waals surface area contributed by atoms with Crippen LogP contribution < -0.4 is 4.74 Å². The SMILES string of the molecule is CC.COc1ccc(CN2CC3(CCC(O)CC3)C2=O)cc1. The molecule has 1 aliphatic heterocycles. The third kappa shape index (κ3) is 3.27. The smallest absolute Gasteiger partial charge is 0.230 e. The Hall–Kier alpha value is -1.55. The van der Waals surface area contributed by atoms with Gasteiger partial charge >= 0.3 is 0 Å². The summed E-state index contributed by atoms with van der Waals surface area (Å²) in [7, 11) is 1.65. The molecule has 3 rings (SSSR count). The van der Waals surface area contributed by atoms with Crippen molar-refractivity contribution in [2.45, 2.75) is 52.2 Å². The first-order valence-corrected chi connectivity index (χ1v) is 8.23. The van der Waals surface area contributed by atoms with Crippen molar-refractivity contribution in [2.24, 2.45) is 5.41 Å². The minimum atomic E-state index is -0.205. The first kappa shape index (κ1) is 16.8. The van der Waals surface area contributed by atoms with Gasteiger partial charge in [-0.25, -0.2) is 0 Å². The summed E-state index contributed by atoms with van der Waals surface area (Å²) in [5.41, 5.74) is 0.968. The topological polar surface area (TPSA) is 49.8 Å². The third-order valence-electron chi connectivity index (χ3n) is 4.68. The Morgan fingerprint density at radius 3 is 2.32 bits per heavy atom. The van der Waals surface area contributed by atoms with E-state index in [1.807, 2.05) is 43.0 Å². The van der Waals surface area contributed by atoms with Gasteiger partial charge in [-0.2, -0.15) is 0 Å². The predicted molar refractivity (Wildman–Crippen MR) is 86.7 cm³/mol. The summed E-state index contributed by atoms with van der Waals surface area (Å²) in [5, 5.41) is 9.56. The van der Waals surface area contributed by atoms with Crippen LogP contribution in [-0.2, 0) is 11.3 Å². The maximum Gasteiger partial charge on any atom is 0.230 e. The molecule has 22 heavy (non-hydrogen) atoms. The number of carbonyl (C=O) groups is 1. The van der Waals surface area contributed by atoms with E-state index in [1.54, 1.807) is 7.11 Å². The molecule has 1 heterocycles. The van der Waals surface area contributed by atoms with Gasteiger partial charge in [-0.05, 0) is 43.4 Å². The maximum absolute atomic E-state index is 12.4. The van der Waals surface area contributed by atoms with Gasteiger partial charge in [0.2, 0.25) is 5.91 Å². The zero-order valence-corrected chi connectivity index (χ0v) is 13.8. The van der Waals surface area contributed by atoms with Gasteiger partial charge in [-0.15, -0.1) is 0 Å². The fourth-order valence-corrected chi connectivity index (χ4v) is 3.36. The molecular weight excluding hydrogens is 278 g/mol. The normalized spacial score (nSPS) is 27.0. The Kier molecular flexibility index (Phi) is 5.46. The molecule has 4 heteroatoms. The predicted octanol–water partition coefficient (Wildman–Crippen LogP) is 2.98. The van der Waals surface area contributed by atoms with Crippen molar-refractivity contribution in [1.82, 2.24) is 4.90 Å². The third-order valence-corrected chi connectivity index (χ3v) is 4.68. The molecule has 1 aromatic rings. The molecule has 0 unspecified atom stereocenters. The highest BCUT2D eigenvalue weighted by Crippen LogP contribution is 2.45. The molecule has 1 saturated heterocycles. The highest BCUT2D eigenvalue weighted by atomic mass is 16.5. The first-order valence-electron chi connectivity index (χ1n) is 8.23. The molecule has 2 fully saturated rings. The van der Waals surface area contributed by atoms with Crippen LogP contribution in [0.15, 0.2) is 24.3 Å². The summed E-state index contributed by atoms with van der Waals surface area (Å²) in [6, 6.07) is 7.85. The average molecular weight is 305 g/mol. The Balaban J connectivity index is 0.000000847. The summed E-state index contributed by atoms with van der Waals surface area (Å²) in [6.45, 7) is 5.51. The first-order chi connectivity index (χ1) is 10.6. The number of aliphatic hydroxyl groups excluding tert-OH is 1. The molecule has 1 saturated carbocycles. The number of hydrogen-bond acceptors (Lipinski definition) is 3. The number of carbonyl (C=O) groups excluding carboxylic acids is 1. The molecule has 1 aliphatic carbocycles. The molecule has 0 bridgehead atoms. The number of amides is 1. The van der Waals surface area contributed by atoms with Crippen LogP contribution in [0.25, 0.3) is 0 Å². The van der Waals surface area contributed by atoms with Crippen LogP contribution in [0.2, 0.25) is 0 Å². The van der Waals surface area contributed by atoms with Gasteiger partial charge in [-0.3, -0.25) is 4.79 Å². The minimum absolute atomic E-state index is 0.161. The summed E-state index contributed by atoms with van der Waals surface area (Å²) >= 11 is 0. The molecule has 1 aromatic carbocycles. The minimum Gasteiger partial charge on any atom is -0.497 e. The van der Waals surface area contributed by atoms with Crippen LogP contribution in [0, 0.1) is 5.41 Å². The van der Waals surface area contributed by atoms with Crippen LogP contribution in [0.5, 0.6) is 5.75 Å². The standard InChI is InChI=1S/C16H21NO3.C2H6/c1-20-14-4-2-12(3-5-14)10-17-11-16(15(17)19)8-6-13(18)7-9-16;1-2/h2-5,13,18H,6-11H2,1H3;1-2H3. The van der Waals surface area contributed by atoms with Crippen LogP contribution in [0.1, 0.15) is 45.1 Å². The number of aliphatic hydroxyl groups is 1. The lowest BCUT2D eigenvalue weighted by molar-refractivity contribution is -0.166. The molecule has 0 aromatic heterocycles. The van der Waals surface area contributed by atoms with Crippen LogP contribution in [0.3, 0.4) is 0 Å². The molecule has 0 atom stereocenters. The monoisotopic (exact) mass is 305 g/mol. The second kappa shape index (κ2) is 7.14. The Bertz CT molecular complexity index is 490. The summed E-state index contributed by atoms with van der Waals surface area (Å²) < 4.78 is 5.13. The molecule has 1 amide bonds. The number of β-lactam (4-membered cyclic amide) rings is 1. The van der Waals surface area contributed by atoms with E-state index >= 15 is 0 Å². The number of benzene rings is 1. The fourth-order valence-electron chi connectivity index (χ4n) is 3.36. The summed E-state index contributed by atoms with van der Waals surface area (Å²) in [4.78, 5) is 14.3. The number of rotatable bonds is 3. The van der Waals surface area contributed by atoms with Crippen LogP contribution in [-0.4, -0.2) is 35.7 Å². The fraction of sp³-hybridized carbons (Fsp3) is 0.611. The summed E-state index contributed by atoms with van der Waals surface area (Å²) in [5.74, 6) is 1.10. The lowest BCUT2D eigenvalue weighted by atomic mass is 9.67. The van der Waals surface area contributed by atoms with Gasteiger partial charge in [0.15, 0.2) is 0 Å². The van der Waals surface area contributed by atoms with Gasteiger partial charge in [-0.1, -0.05) is 26.0 Å². The number of ether oxygens (including phenoxy) is 1. The molecule has 1 N–H and O–H groups in total. The molecule has 122 valence electrons. The van der Waals surface area contributed by atoms with E-state index in [0.717, 1.165) is 43.5 Å². The highest BCUT2D eigenvalue weighted by Gasteiger charge is 2.52. The largest absolute Gasteiger partial charge is 0.497 e. The molecular formula is C18H27NO3. The van der Waals surface area contributed by atoms with Gasteiger partial charge in [0.05, 0.1) is 18.6 Å². The lowest BCUT2D eigenvalue weighted by Gasteiger charge is -2.51. The highest BCUT2D eigenvalue weighted by molar-refractivity contribution is 5.88. The van der Waals surface area contributed by atoms with Crippen molar-refractivity contribution in [3.05, 3.63) is 29.8 Å². The van der Waals surface area contributed by atoms with Crippen LogP contribution >= 0.6 is 0 Å². The van der Waals surface area contributed by atoms with Crippen molar-refractivity contribution in [3.8, 4) is 5.75 Å². The van der Waals surface area contributed by atoms with Gasteiger partial charge in [0.1, 0.15) is 5.75 Å². The van der Waals surface area contributed by atoms with Crippen molar-refractivity contribution < 1.29 is 14.6 Å². The van der Waals surface area contributed by atoms with E-state index in [2.05, 4.69) is 0 Å². The second-order valence-electron chi connectivity index (χ2n) is 6.02. The summed E-state index contributed by atoms with van der Waals surface area (Å²) in [6.07, 6.45) is 3.01. The number of likely N-dealkylation sites (tertiary alicyclic amines) is 1. The number of nitrogens with zero attached hydrogens (tertiary/aromatic N) is 1. The van der Waals surface area contributed by atoms with E-state index in [0.29, 0.717) is 6.54 Å². The average Bonchev–Trinajstić information content (AvgIpc) is 2.58. The zero-order chi connectivity index (χ0) is 16.2. The van der Waals surface area contributed by atoms with Gasteiger partial charge in [0, 0.05) is 13.1 Å². The zero-order valence-electron chi connectivity index (χ0n) is 13.8. The van der Waals surface area contributed by atoms with Gasteiger partial charge < -0.3 is 14.7 Å². The van der Waals surface area contributed by atoms with Gasteiger partial charge in [0.25, 0.3) is 0 Å². The van der Waals surface area contributed by atoms with Crippen LogP contribution in [0.4, 0.5) is 0 Å². The number of hydrogen-bond donors (Lipinski definition) is 1. The Morgan fingerprint density at radius 1 is 1.23 bits per heavy atom. The van der Waals surface area contributed by atoms with E-state index in [4.69, 9.17) is 4.74 Å². The lowest BCUT2D eigenvalue weighted by Crippen LogP contribution is -2.62. The van der Waals surface area contributed by atoms with Crippen molar-refractivity contribution in [3.63, 3.8) is 0 Å². The molecule has 1 spiro atoms. The number of methoxy groups -OCH3 is 1.